The van der Waals surface area contributed by atoms with Crippen molar-refractivity contribution in [2.24, 2.45) is 5.16 Å². The highest BCUT2D eigenvalue weighted by atomic mass is 16.7. The molecule has 2 saturated heterocycles. The van der Waals surface area contributed by atoms with Gasteiger partial charge in [-0.3, -0.25) is 4.79 Å². The zero-order chi connectivity index (χ0) is 32.5. The third kappa shape index (κ3) is 6.55. The first-order valence-electron chi connectivity index (χ1n) is 15.1. The van der Waals surface area contributed by atoms with Gasteiger partial charge in [0.2, 0.25) is 12.2 Å². The summed E-state index contributed by atoms with van der Waals surface area (Å²) in [5, 5.41) is 59.5. The molecule has 1 amide bonds. The van der Waals surface area contributed by atoms with Crippen molar-refractivity contribution in [2.75, 3.05) is 13.4 Å². The molecular formula is C32H38N2O12. The van der Waals surface area contributed by atoms with Crippen molar-refractivity contribution in [1.82, 2.24) is 5.32 Å². The Morgan fingerprint density at radius 3 is 2.57 bits per heavy atom. The number of nitrogens with zero attached hydrogens (tertiary/aromatic N) is 1. The number of oxime groups is 1. The van der Waals surface area contributed by atoms with Gasteiger partial charge >= 0.3 is 0 Å². The fourth-order valence-electron chi connectivity index (χ4n) is 6.10. The Hall–Kier alpha value is -3.76. The van der Waals surface area contributed by atoms with Gasteiger partial charge in [0, 0.05) is 24.0 Å². The monoisotopic (exact) mass is 642 g/mol. The smallest absolute Gasteiger partial charge is 0.247 e. The Balaban J connectivity index is 1.04. The van der Waals surface area contributed by atoms with E-state index in [0.717, 1.165) is 11.3 Å². The van der Waals surface area contributed by atoms with Crippen LogP contribution < -0.4 is 14.8 Å². The van der Waals surface area contributed by atoms with Crippen molar-refractivity contribution in [2.45, 2.75) is 87.9 Å². The number of carbonyl (C=O) groups excluding carboxylic acids is 1. The molecule has 14 nitrogen and oxygen atoms in total. The molecule has 4 aliphatic rings. The number of aromatic hydroxyl groups is 1. The van der Waals surface area contributed by atoms with Crippen LogP contribution >= 0.6 is 0 Å². The molecule has 10 atom stereocenters. The van der Waals surface area contributed by atoms with Gasteiger partial charge in [-0.2, -0.15) is 0 Å². The Bertz CT molecular complexity index is 1480. The lowest BCUT2D eigenvalue weighted by Gasteiger charge is -2.41. The quantitative estimate of drug-likeness (QED) is 0.135. The van der Waals surface area contributed by atoms with E-state index in [-0.39, 0.29) is 36.4 Å². The van der Waals surface area contributed by atoms with E-state index in [0.29, 0.717) is 24.3 Å². The van der Waals surface area contributed by atoms with E-state index >= 15 is 0 Å². The molecule has 46 heavy (non-hydrogen) atoms. The van der Waals surface area contributed by atoms with Crippen LogP contribution in [0.2, 0.25) is 0 Å². The Kier molecular flexibility index (Phi) is 9.47. The summed E-state index contributed by atoms with van der Waals surface area (Å²) in [5.41, 5.74) is 2.01. The van der Waals surface area contributed by atoms with E-state index in [1.54, 1.807) is 13.0 Å². The average Bonchev–Trinajstić information content (AvgIpc) is 3.69. The zero-order valence-corrected chi connectivity index (χ0v) is 25.3. The molecule has 1 saturated carbocycles. The normalized spacial score (nSPS) is 34.3. The van der Waals surface area contributed by atoms with Crippen LogP contribution in [0.4, 0.5) is 0 Å². The number of para-hydroxylation sites is 1. The van der Waals surface area contributed by atoms with Crippen LogP contribution in [-0.4, -0.2) is 106 Å². The number of benzene rings is 2. The number of aliphatic hydroxyl groups excluding tert-OH is 4. The summed E-state index contributed by atoms with van der Waals surface area (Å²) in [5.74, 6) is 0.0395. The Morgan fingerprint density at radius 1 is 1.02 bits per heavy atom. The number of fused-ring (bicyclic) bond motifs is 2. The minimum Gasteiger partial charge on any atom is -0.504 e. The second-order valence-electron chi connectivity index (χ2n) is 11.8. The fourth-order valence-corrected chi connectivity index (χ4v) is 6.10. The van der Waals surface area contributed by atoms with Gasteiger partial charge in [-0.1, -0.05) is 29.4 Å². The van der Waals surface area contributed by atoms with Gasteiger partial charge in [0.05, 0.1) is 24.5 Å². The first-order valence-corrected chi connectivity index (χ1v) is 15.1. The lowest BCUT2D eigenvalue weighted by molar-refractivity contribution is -0.155. The molecule has 14 heteroatoms. The lowest BCUT2D eigenvalue weighted by atomic mass is 9.83. The molecule has 2 aromatic carbocycles. The van der Waals surface area contributed by atoms with Crippen LogP contribution in [0, 0.1) is 0 Å². The molecule has 1 unspecified atom stereocenters. The standard InChI is InChI=1S/C32H38N2O12/c1-15(32(40)33-25-26(37)28(39)31-30(27(25)38)42-14-43-31)11-17-7-8-23(19(35)12-17)44-24-13-20(36)29(45-24)16(2)34-46-22-9-10-41-21-6-4-3-5-18(21)22/h3-8,11-12,20,22,24-31,35-39H,9-10,13-14H2,1-2H3,(H,33,40)/b15-11+,34-16-/t20-,22?,24+,25+,26-,27+,28+,29+,30-,31+/m0/s1. The zero-order valence-electron chi connectivity index (χ0n) is 25.3. The van der Waals surface area contributed by atoms with Crippen molar-refractivity contribution in [1.29, 1.82) is 0 Å². The summed E-state index contributed by atoms with van der Waals surface area (Å²) >= 11 is 0. The van der Waals surface area contributed by atoms with E-state index in [4.69, 9.17) is 28.5 Å². The minimum atomic E-state index is -1.47. The summed E-state index contributed by atoms with van der Waals surface area (Å²) in [6.45, 7) is 3.59. The van der Waals surface area contributed by atoms with Crippen LogP contribution in [0.15, 0.2) is 53.2 Å². The minimum absolute atomic E-state index is 0.109. The Labute approximate surface area is 264 Å². The SMILES string of the molecule is C/C(=N/OC1CCOc2ccccc21)[C@H]1O[C@@H](Oc2ccc(/C=C(\C)C(=O)N[C@@H]3[C@H](O)[C@@H](O)[C@H]4OCO[C@H]4[C@@H]3O)cc2O)C[C@@H]1O. The number of hydrogen-bond donors (Lipinski definition) is 6. The van der Waals surface area contributed by atoms with Gasteiger partial charge < -0.3 is 59.4 Å². The van der Waals surface area contributed by atoms with Crippen LogP contribution in [0.1, 0.15) is 43.9 Å². The summed E-state index contributed by atoms with van der Waals surface area (Å²) < 4.78 is 27.9. The first kappa shape index (κ1) is 32.2. The summed E-state index contributed by atoms with van der Waals surface area (Å²) in [6, 6.07) is 10.9. The van der Waals surface area contributed by atoms with Crippen molar-refractivity contribution in [3.05, 3.63) is 59.2 Å². The molecule has 248 valence electrons. The Morgan fingerprint density at radius 2 is 1.78 bits per heavy atom. The van der Waals surface area contributed by atoms with E-state index in [2.05, 4.69) is 10.5 Å². The van der Waals surface area contributed by atoms with Crippen molar-refractivity contribution in [3.8, 4) is 17.2 Å². The summed E-state index contributed by atoms with van der Waals surface area (Å²) in [4.78, 5) is 18.7. The highest BCUT2D eigenvalue weighted by molar-refractivity contribution is 5.97. The predicted molar refractivity (Wildman–Crippen MR) is 160 cm³/mol. The van der Waals surface area contributed by atoms with Gasteiger partial charge in [0.25, 0.3) is 0 Å². The number of phenols is 1. The lowest BCUT2D eigenvalue weighted by Crippen LogP contribution is -2.67. The number of ether oxygens (including phenoxy) is 5. The molecule has 6 rings (SSSR count). The van der Waals surface area contributed by atoms with E-state index in [1.807, 2.05) is 24.3 Å². The van der Waals surface area contributed by atoms with Gasteiger partial charge in [-0.15, -0.1) is 0 Å². The maximum Gasteiger partial charge on any atom is 0.247 e. The van der Waals surface area contributed by atoms with E-state index in [9.17, 15) is 30.3 Å². The van der Waals surface area contributed by atoms with Crippen LogP contribution in [0.3, 0.4) is 0 Å². The molecule has 3 fully saturated rings. The predicted octanol–water partition coefficient (Wildman–Crippen LogP) is 0.889. The molecule has 6 N–H and O–H groups in total. The number of phenolic OH excluding ortho intramolecular Hbond substituents is 1. The number of amides is 1. The first-order chi connectivity index (χ1) is 22.1. The van der Waals surface area contributed by atoms with Gasteiger partial charge in [0.15, 0.2) is 17.6 Å². The maximum absolute atomic E-state index is 12.9. The topological polar surface area (TPSA) is 198 Å². The number of carbonyl (C=O) groups is 1. The molecule has 1 aliphatic carbocycles. The van der Waals surface area contributed by atoms with E-state index < -0.39 is 61.0 Å². The van der Waals surface area contributed by atoms with Crippen molar-refractivity contribution in [3.63, 3.8) is 0 Å². The van der Waals surface area contributed by atoms with Gasteiger partial charge in [-0.05, 0) is 43.7 Å². The van der Waals surface area contributed by atoms with Gasteiger partial charge in [-0.25, -0.2) is 0 Å². The molecule has 0 bridgehead atoms. The second-order valence-corrected chi connectivity index (χ2v) is 11.8. The molecule has 0 spiro atoms. The van der Waals surface area contributed by atoms with E-state index in [1.165, 1.54) is 25.1 Å². The highest BCUT2D eigenvalue weighted by Gasteiger charge is 2.53. The molecule has 0 radical (unpaired) electrons. The summed E-state index contributed by atoms with van der Waals surface area (Å²) in [7, 11) is 0. The second kappa shape index (κ2) is 13.5. The summed E-state index contributed by atoms with van der Waals surface area (Å²) in [6.07, 6.45) is -6.49. The maximum atomic E-state index is 12.9. The molecule has 3 heterocycles. The molecular weight excluding hydrogens is 604 g/mol. The number of nitrogens with one attached hydrogen (secondary N) is 1. The number of aliphatic hydroxyl groups is 4. The largest absolute Gasteiger partial charge is 0.504 e. The average molecular weight is 643 g/mol. The van der Waals surface area contributed by atoms with Gasteiger partial charge in [0.1, 0.15) is 49.2 Å². The highest BCUT2D eigenvalue weighted by Crippen LogP contribution is 2.36. The fraction of sp³-hybridized carbons (Fsp3) is 0.500. The van der Waals surface area contributed by atoms with Crippen LogP contribution in [0.25, 0.3) is 6.08 Å². The van der Waals surface area contributed by atoms with Crippen LogP contribution in [-0.2, 0) is 23.8 Å². The molecule has 3 aliphatic heterocycles. The van der Waals surface area contributed by atoms with Crippen molar-refractivity contribution < 1.29 is 58.8 Å². The number of hydrogen-bond acceptors (Lipinski definition) is 13. The third-order valence-corrected chi connectivity index (χ3v) is 8.61. The molecule has 0 aromatic heterocycles. The molecule has 2 aromatic rings. The number of rotatable bonds is 8. The van der Waals surface area contributed by atoms with Crippen molar-refractivity contribution >= 4 is 17.7 Å². The third-order valence-electron chi connectivity index (χ3n) is 8.61. The van der Waals surface area contributed by atoms with Crippen LogP contribution in [0.5, 0.6) is 17.2 Å².